The molecule has 5 heteroatoms. The first kappa shape index (κ1) is 19.2. The summed E-state index contributed by atoms with van der Waals surface area (Å²) in [5.74, 6) is 3.98. The molecular weight excluding hydrogens is 348 g/mol. The standard InChI is InChI=1S/C23H34N4O/c1-15(2)9-18-13-26-19(10-17-5-7-20(28)8-6-17)14-27-21(16(3)4)12-24-22(27)11-23(26)25-18/h5-8,11,15-16,18-19,21,25,28H,9-10,12-14H2,1-4H3/t18-,19-,21+/m1/s1. The van der Waals surface area contributed by atoms with Crippen molar-refractivity contribution in [3.63, 3.8) is 0 Å². The van der Waals surface area contributed by atoms with Crippen molar-refractivity contribution in [3.8, 4) is 5.75 Å². The second-order valence-corrected chi connectivity index (χ2v) is 9.34. The Morgan fingerprint density at radius 3 is 2.54 bits per heavy atom. The minimum absolute atomic E-state index is 0.332. The van der Waals surface area contributed by atoms with Gasteiger partial charge in [0.25, 0.3) is 0 Å². The Kier molecular flexibility index (Phi) is 5.26. The van der Waals surface area contributed by atoms with Crippen molar-refractivity contribution in [2.24, 2.45) is 16.8 Å². The average molecular weight is 383 g/mol. The maximum Gasteiger partial charge on any atom is 0.127 e. The molecule has 4 rings (SSSR count). The molecule has 1 aromatic carbocycles. The fraction of sp³-hybridized carbons (Fsp3) is 0.609. The first-order valence-electron chi connectivity index (χ1n) is 10.7. The monoisotopic (exact) mass is 382 g/mol. The molecule has 1 aromatic rings. The lowest BCUT2D eigenvalue weighted by atomic mass is 10.00. The number of benzene rings is 1. The first-order chi connectivity index (χ1) is 13.4. The Morgan fingerprint density at radius 1 is 1.11 bits per heavy atom. The van der Waals surface area contributed by atoms with E-state index in [9.17, 15) is 5.11 Å². The summed E-state index contributed by atoms with van der Waals surface area (Å²) in [6.45, 7) is 12.1. The van der Waals surface area contributed by atoms with Gasteiger partial charge in [-0.2, -0.15) is 0 Å². The molecule has 0 amide bonds. The third kappa shape index (κ3) is 3.85. The van der Waals surface area contributed by atoms with E-state index in [1.54, 1.807) is 12.1 Å². The molecule has 3 aliphatic heterocycles. The molecule has 3 heterocycles. The van der Waals surface area contributed by atoms with Crippen LogP contribution in [0.1, 0.15) is 39.7 Å². The normalized spacial score (nSPS) is 26.7. The van der Waals surface area contributed by atoms with E-state index in [4.69, 9.17) is 4.99 Å². The van der Waals surface area contributed by atoms with E-state index in [0.29, 0.717) is 35.7 Å². The molecule has 152 valence electrons. The van der Waals surface area contributed by atoms with Crippen LogP contribution < -0.4 is 5.32 Å². The van der Waals surface area contributed by atoms with Gasteiger partial charge in [0.1, 0.15) is 17.4 Å². The quantitative estimate of drug-likeness (QED) is 0.821. The van der Waals surface area contributed by atoms with Crippen LogP contribution in [-0.4, -0.2) is 58.5 Å². The highest BCUT2D eigenvalue weighted by Crippen LogP contribution is 2.30. The molecule has 0 aromatic heterocycles. The summed E-state index contributed by atoms with van der Waals surface area (Å²) in [4.78, 5) is 9.98. The van der Waals surface area contributed by atoms with Crippen molar-refractivity contribution in [3.05, 3.63) is 41.7 Å². The molecule has 1 saturated heterocycles. The molecule has 0 saturated carbocycles. The second kappa shape index (κ2) is 7.69. The lowest BCUT2D eigenvalue weighted by molar-refractivity contribution is 0.194. The predicted molar refractivity (Wildman–Crippen MR) is 114 cm³/mol. The molecular formula is C23H34N4O. The molecule has 1 fully saturated rings. The Bertz CT molecular complexity index is 752. The zero-order valence-corrected chi connectivity index (χ0v) is 17.6. The number of nitrogens with zero attached hydrogens (tertiary/aromatic N) is 3. The van der Waals surface area contributed by atoms with Crippen LogP contribution in [-0.2, 0) is 6.42 Å². The zero-order chi connectivity index (χ0) is 19.8. The van der Waals surface area contributed by atoms with Crippen LogP contribution in [0.5, 0.6) is 5.75 Å². The van der Waals surface area contributed by atoms with E-state index in [1.807, 2.05) is 0 Å². The summed E-state index contributed by atoms with van der Waals surface area (Å²) in [7, 11) is 0. The van der Waals surface area contributed by atoms with Gasteiger partial charge in [0.05, 0.1) is 18.6 Å². The highest BCUT2D eigenvalue weighted by Gasteiger charge is 2.39. The van der Waals surface area contributed by atoms with Crippen LogP contribution in [0.25, 0.3) is 0 Å². The Balaban J connectivity index is 1.61. The van der Waals surface area contributed by atoms with Gasteiger partial charge in [-0.15, -0.1) is 0 Å². The maximum absolute atomic E-state index is 9.64. The number of fused-ring (bicyclic) bond motifs is 2. The molecule has 2 N–H and O–H groups in total. The van der Waals surface area contributed by atoms with Gasteiger partial charge in [-0.05, 0) is 42.4 Å². The number of phenols is 1. The number of aromatic hydroxyl groups is 1. The van der Waals surface area contributed by atoms with Gasteiger partial charge in [0.2, 0.25) is 0 Å². The number of rotatable bonds is 5. The van der Waals surface area contributed by atoms with Crippen molar-refractivity contribution >= 4 is 5.84 Å². The minimum Gasteiger partial charge on any atom is -0.508 e. The van der Waals surface area contributed by atoms with E-state index in [-0.39, 0.29) is 0 Å². The fourth-order valence-corrected chi connectivity index (χ4v) is 4.85. The number of phenolic OH excluding ortho intramolecular Hbond substituents is 1. The van der Waals surface area contributed by atoms with Crippen LogP contribution in [0.4, 0.5) is 0 Å². The molecule has 0 radical (unpaired) electrons. The summed E-state index contributed by atoms with van der Waals surface area (Å²) < 4.78 is 0. The van der Waals surface area contributed by atoms with Gasteiger partial charge in [-0.3, -0.25) is 4.99 Å². The molecule has 0 spiro atoms. The SMILES string of the molecule is CC(C)C[C@@H]1CN2C(=CC3=NC[C@@H](C(C)C)N3C[C@H]2Cc2ccc(O)cc2)N1. The number of amidine groups is 1. The molecule has 3 aliphatic rings. The summed E-state index contributed by atoms with van der Waals surface area (Å²) in [6.07, 6.45) is 4.44. The summed E-state index contributed by atoms with van der Waals surface area (Å²) in [6, 6.07) is 9.09. The van der Waals surface area contributed by atoms with E-state index in [0.717, 1.165) is 31.9 Å². The second-order valence-electron chi connectivity index (χ2n) is 9.34. The van der Waals surface area contributed by atoms with Crippen LogP contribution in [0.2, 0.25) is 0 Å². The Morgan fingerprint density at radius 2 is 1.86 bits per heavy atom. The van der Waals surface area contributed by atoms with Gasteiger partial charge in [0, 0.05) is 25.2 Å². The van der Waals surface area contributed by atoms with E-state index in [2.05, 4.69) is 61.0 Å². The molecule has 3 atom stereocenters. The van der Waals surface area contributed by atoms with Crippen molar-refractivity contribution in [2.75, 3.05) is 19.6 Å². The first-order valence-corrected chi connectivity index (χ1v) is 10.7. The Labute approximate surface area is 169 Å². The maximum atomic E-state index is 9.64. The smallest absolute Gasteiger partial charge is 0.127 e. The van der Waals surface area contributed by atoms with Gasteiger partial charge in [0.15, 0.2) is 0 Å². The third-order valence-corrected chi connectivity index (χ3v) is 6.26. The van der Waals surface area contributed by atoms with Crippen LogP contribution in [0.15, 0.2) is 41.2 Å². The number of aliphatic imine (C=N–C) groups is 1. The highest BCUT2D eigenvalue weighted by molar-refractivity contribution is 5.95. The Hall–Kier alpha value is -2.17. The van der Waals surface area contributed by atoms with Crippen molar-refractivity contribution in [2.45, 2.75) is 58.7 Å². The molecule has 0 aliphatic carbocycles. The summed E-state index contributed by atoms with van der Waals surface area (Å²) in [5, 5.41) is 13.4. The molecule has 5 nitrogen and oxygen atoms in total. The third-order valence-electron chi connectivity index (χ3n) is 6.26. The van der Waals surface area contributed by atoms with Crippen LogP contribution in [0.3, 0.4) is 0 Å². The van der Waals surface area contributed by atoms with E-state index < -0.39 is 0 Å². The zero-order valence-electron chi connectivity index (χ0n) is 17.6. The summed E-state index contributed by atoms with van der Waals surface area (Å²) >= 11 is 0. The predicted octanol–water partition coefficient (Wildman–Crippen LogP) is 3.22. The van der Waals surface area contributed by atoms with Crippen molar-refractivity contribution < 1.29 is 5.11 Å². The topological polar surface area (TPSA) is 51.1 Å². The van der Waals surface area contributed by atoms with Gasteiger partial charge >= 0.3 is 0 Å². The van der Waals surface area contributed by atoms with E-state index >= 15 is 0 Å². The van der Waals surface area contributed by atoms with Gasteiger partial charge in [-0.1, -0.05) is 39.8 Å². The molecule has 28 heavy (non-hydrogen) atoms. The fourth-order valence-electron chi connectivity index (χ4n) is 4.85. The van der Waals surface area contributed by atoms with E-state index in [1.165, 1.54) is 17.8 Å². The average Bonchev–Trinajstić information content (AvgIpc) is 3.17. The van der Waals surface area contributed by atoms with Crippen molar-refractivity contribution in [1.82, 2.24) is 15.1 Å². The largest absolute Gasteiger partial charge is 0.508 e. The molecule has 0 bridgehead atoms. The number of hydrogen-bond donors (Lipinski definition) is 2. The van der Waals surface area contributed by atoms with Crippen molar-refractivity contribution in [1.29, 1.82) is 0 Å². The highest BCUT2D eigenvalue weighted by atomic mass is 16.3. The lowest BCUT2D eigenvalue weighted by Gasteiger charge is -2.35. The number of nitrogens with one attached hydrogen (secondary N) is 1. The minimum atomic E-state index is 0.332. The van der Waals surface area contributed by atoms with Gasteiger partial charge in [-0.25, -0.2) is 0 Å². The van der Waals surface area contributed by atoms with Crippen LogP contribution >= 0.6 is 0 Å². The lowest BCUT2D eigenvalue weighted by Crippen LogP contribution is -2.47. The van der Waals surface area contributed by atoms with Gasteiger partial charge < -0.3 is 20.2 Å². The molecule has 0 unspecified atom stereocenters. The summed E-state index contributed by atoms with van der Waals surface area (Å²) in [5.41, 5.74) is 1.27. The number of hydrogen-bond acceptors (Lipinski definition) is 5. The van der Waals surface area contributed by atoms with Crippen LogP contribution in [0, 0.1) is 11.8 Å².